The molecule has 0 saturated heterocycles. The van der Waals surface area contributed by atoms with E-state index < -0.39 is 7.12 Å². The zero-order valence-electron chi connectivity index (χ0n) is 9.76. The highest BCUT2D eigenvalue weighted by molar-refractivity contribution is 6.59. The van der Waals surface area contributed by atoms with E-state index in [-0.39, 0.29) is 0 Å². The molecule has 0 fully saturated rings. The lowest BCUT2D eigenvalue weighted by Crippen LogP contribution is -2.31. The summed E-state index contributed by atoms with van der Waals surface area (Å²) in [5.41, 5.74) is 2.50. The molecule has 1 aliphatic rings. The number of hydrogen-bond donors (Lipinski definition) is 2. The molecule has 17 heavy (non-hydrogen) atoms. The fraction of sp³-hybridized carbons (Fsp3) is 0.231. The van der Waals surface area contributed by atoms with Gasteiger partial charge < -0.3 is 14.8 Å². The average molecular weight is 230 g/mol. The van der Waals surface area contributed by atoms with Gasteiger partial charge in [0.25, 0.3) is 0 Å². The molecule has 3 nitrogen and oxygen atoms in total. The Kier molecular flexibility index (Phi) is 3.66. The third kappa shape index (κ3) is 2.43. The van der Waals surface area contributed by atoms with Gasteiger partial charge >= 0.3 is 7.12 Å². The van der Waals surface area contributed by atoms with Crippen molar-refractivity contribution in [3.8, 4) is 5.75 Å². The van der Waals surface area contributed by atoms with Crippen molar-refractivity contribution in [2.75, 3.05) is 7.11 Å². The number of hydrogen-bond acceptors (Lipinski definition) is 3. The molecule has 0 aromatic heterocycles. The van der Waals surface area contributed by atoms with Crippen LogP contribution in [-0.4, -0.2) is 24.3 Å². The first-order chi connectivity index (χ1) is 8.24. The van der Waals surface area contributed by atoms with E-state index in [4.69, 9.17) is 4.74 Å². The molecule has 4 heteroatoms. The van der Waals surface area contributed by atoms with E-state index in [9.17, 15) is 10.0 Å². The Balaban J connectivity index is 2.50. The van der Waals surface area contributed by atoms with E-state index in [0.29, 0.717) is 11.2 Å². The van der Waals surface area contributed by atoms with Crippen molar-refractivity contribution in [3.05, 3.63) is 42.0 Å². The minimum Gasteiger partial charge on any atom is -0.496 e. The summed E-state index contributed by atoms with van der Waals surface area (Å²) < 4.78 is 5.31. The average Bonchev–Trinajstić information content (AvgIpc) is 2.38. The van der Waals surface area contributed by atoms with Gasteiger partial charge in [-0.3, -0.25) is 0 Å². The highest BCUT2D eigenvalue weighted by Gasteiger charge is 2.20. The third-order valence-corrected chi connectivity index (χ3v) is 2.89. The van der Waals surface area contributed by atoms with E-state index in [0.717, 1.165) is 24.0 Å². The summed E-state index contributed by atoms with van der Waals surface area (Å²) in [4.78, 5) is 0. The second-order valence-electron chi connectivity index (χ2n) is 3.96. The molecule has 0 amide bonds. The topological polar surface area (TPSA) is 49.7 Å². The van der Waals surface area contributed by atoms with Crippen LogP contribution in [0, 0.1) is 0 Å². The lowest BCUT2D eigenvalue weighted by atomic mass is 9.77. The van der Waals surface area contributed by atoms with Gasteiger partial charge in [-0.1, -0.05) is 36.4 Å². The molecular formula is C13H15BO3. The molecule has 0 heterocycles. The van der Waals surface area contributed by atoms with E-state index in [1.54, 1.807) is 13.2 Å². The fourth-order valence-electron chi connectivity index (χ4n) is 2.07. The molecule has 0 saturated carbocycles. The number of ether oxygens (including phenoxy) is 1. The molecule has 2 rings (SSSR count). The lowest BCUT2D eigenvalue weighted by molar-refractivity contribution is 0.402. The predicted molar refractivity (Wildman–Crippen MR) is 69.2 cm³/mol. The van der Waals surface area contributed by atoms with Crippen molar-refractivity contribution >= 4 is 18.2 Å². The molecule has 88 valence electrons. The van der Waals surface area contributed by atoms with Crippen LogP contribution in [0.25, 0.3) is 5.57 Å². The van der Waals surface area contributed by atoms with E-state index in [2.05, 4.69) is 6.08 Å². The summed E-state index contributed by atoms with van der Waals surface area (Å²) in [5, 5.41) is 18.6. The van der Waals surface area contributed by atoms with Crippen LogP contribution < -0.4 is 10.2 Å². The summed E-state index contributed by atoms with van der Waals surface area (Å²) in [7, 11) is 0.0360. The highest BCUT2D eigenvalue weighted by Crippen LogP contribution is 2.29. The van der Waals surface area contributed by atoms with E-state index in [1.807, 2.05) is 24.3 Å². The van der Waals surface area contributed by atoms with Crippen LogP contribution in [-0.2, 0) is 0 Å². The van der Waals surface area contributed by atoms with Crippen LogP contribution in [0.5, 0.6) is 5.75 Å². The monoisotopic (exact) mass is 230 g/mol. The summed E-state index contributed by atoms with van der Waals surface area (Å²) in [5.74, 6) is 0.545. The second kappa shape index (κ2) is 5.21. The summed E-state index contributed by atoms with van der Waals surface area (Å²) in [6, 6.07) is 5.41. The van der Waals surface area contributed by atoms with Crippen LogP contribution in [0.2, 0.25) is 0 Å². The number of para-hydroxylation sites is 1. The number of benzene rings is 1. The van der Waals surface area contributed by atoms with Gasteiger partial charge in [0.05, 0.1) is 7.11 Å². The first-order valence-corrected chi connectivity index (χ1v) is 5.63. The first-order valence-electron chi connectivity index (χ1n) is 5.63. The molecule has 1 aliphatic carbocycles. The minimum atomic E-state index is -1.51. The maximum absolute atomic E-state index is 9.30. The maximum atomic E-state index is 9.30. The van der Waals surface area contributed by atoms with Crippen molar-refractivity contribution in [3.63, 3.8) is 0 Å². The maximum Gasteiger partial charge on any atom is 0.492 e. The van der Waals surface area contributed by atoms with Crippen LogP contribution >= 0.6 is 0 Å². The molecule has 1 aromatic carbocycles. The van der Waals surface area contributed by atoms with Crippen molar-refractivity contribution < 1.29 is 14.8 Å². The van der Waals surface area contributed by atoms with Gasteiger partial charge in [-0.2, -0.15) is 0 Å². The van der Waals surface area contributed by atoms with Gasteiger partial charge in [0.1, 0.15) is 5.75 Å². The van der Waals surface area contributed by atoms with E-state index >= 15 is 0 Å². The zero-order chi connectivity index (χ0) is 12.3. The standard InChI is InChI=1S/C13H15BO3/c1-17-13-11(10-6-3-2-4-7-10)8-5-9-12(13)14(15)16/h2-3,5-6,8-9,15-16H,4,7H2,1H3. The molecule has 1 aromatic rings. The Morgan fingerprint density at radius 3 is 2.71 bits per heavy atom. The minimum absolute atomic E-state index is 0.403. The van der Waals surface area contributed by atoms with Crippen LogP contribution in [0.1, 0.15) is 18.4 Å². The van der Waals surface area contributed by atoms with Gasteiger partial charge in [-0.15, -0.1) is 0 Å². The van der Waals surface area contributed by atoms with E-state index in [1.165, 1.54) is 0 Å². The van der Waals surface area contributed by atoms with Crippen LogP contribution in [0.3, 0.4) is 0 Å². The van der Waals surface area contributed by atoms with Gasteiger partial charge in [0.2, 0.25) is 0 Å². The molecule has 0 radical (unpaired) electrons. The van der Waals surface area contributed by atoms with Crippen molar-refractivity contribution in [1.29, 1.82) is 0 Å². The normalized spacial score (nSPS) is 14.4. The quantitative estimate of drug-likeness (QED) is 0.764. The summed E-state index contributed by atoms with van der Waals surface area (Å²) >= 11 is 0. The van der Waals surface area contributed by atoms with Crippen molar-refractivity contribution in [1.82, 2.24) is 0 Å². The smallest absolute Gasteiger partial charge is 0.492 e. The molecular weight excluding hydrogens is 215 g/mol. The molecule has 2 N–H and O–H groups in total. The van der Waals surface area contributed by atoms with Gasteiger partial charge in [-0.25, -0.2) is 0 Å². The molecule has 0 unspecified atom stereocenters. The van der Waals surface area contributed by atoms with Gasteiger partial charge in [0.15, 0.2) is 0 Å². The van der Waals surface area contributed by atoms with Crippen LogP contribution in [0.4, 0.5) is 0 Å². The molecule has 0 spiro atoms. The number of rotatable bonds is 3. The number of methoxy groups -OCH3 is 1. The Hall–Kier alpha value is -1.52. The molecule has 0 bridgehead atoms. The first kappa shape index (κ1) is 12.0. The summed E-state index contributed by atoms with van der Waals surface area (Å²) in [6.07, 6.45) is 8.11. The Morgan fingerprint density at radius 2 is 2.12 bits per heavy atom. The molecule has 0 atom stereocenters. The SMILES string of the molecule is COc1c(B(O)O)cccc1C1=CC=CCC1. The number of allylic oxidation sites excluding steroid dienone is 4. The Morgan fingerprint density at radius 1 is 1.29 bits per heavy atom. The highest BCUT2D eigenvalue weighted by atomic mass is 16.5. The zero-order valence-corrected chi connectivity index (χ0v) is 9.76. The summed E-state index contributed by atoms with van der Waals surface area (Å²) in [6.45, 7) is 0. The Labute approximate surface area is 101 Å². The van der Waals surface area contributed by atoms with Crippen molar-refractivity contribution in [2.24, 2.45) is 0 Å². The Bertz CT molecular complexity index is 464. The largest absolute Gasteiger partial charge is 0.496 e. The van der Waals surface area contributed by atoms with Crippen LogP contribution in [0.15, 0.2) is 36.4 Å². The fourth-order valence-corrected chi connectivity index (χ4v) is 2.07. The predicted octanol–water partition coefficient (Wildman–Crippen LogP) is 1.11. The molecule has 0 aliphatic heterocycles. The lowest BCUT2D eigenvalue weighted by Gasteiger charge is -2.16. The third-order valence-electron chi connectivity index (χ3n) is 2.89. The van der Waals surface area contributed by atoms with Gasteiger partial charge in [0, 0.05) is 11.0 Å². The van der Waals surface area contributed by atoms with Crippen molar-refractivity contribution in [2.45, 2.75) is 12.8 Å². The second-order valence-corrected chi connectivity index (χ2v) is 3.96. The van der Waals surface area contributed by atoms with Gasteiger partial charge in [-0.05, 0) is 18.4 Å².